The van der Waals surface area contributed by atoms with Crippen LogP contribution in [0.1, 0.15) is 105 Å². The number of anilines is 6. The van der Waals surface area contributed by atoms with Gasteiger partial charge in [0, 0.05) is 50.8 Å². The summed E-state index contributed by atoms with van der Waals surface area (Å²) >= 11 is 0. The molecular formula is C86H79BN4. The Morgan fingerprint density at radius 2 is 0.549 bits per heavy atom. The average Bonchev–Trinajstić information content (AvgIpc) is 0.697. The van der Waals surface area contributed by atoms with Gasteiger partial charge in [0.15, 0.2) is 5.82 Å². The Bertz CT molecular complexity index is 4290. The predicted molar refractivity (Wildman–Crippen MR) is 389 cm³/mol. The van der Waals surface area contributed by atoms with Crippen molar-refractivity contribution >= 4 is 57.2 Å². The van der Waals surface area contributed by atoms with E-state index in [1.165, 1.54) is 50.0 Å². The van der Waals surface area contributed by atoms with Gasteiger partial charge in [-0.1, -0.05) is 253 Å². The van der Waals surface area contributed by atoms with E-state index in [9.17, 15) is 0 Å². The summed E-state index contributed by atoms with van der Waals surface area (Å²) in [6.07, 6.45) is 0. The Morgan fingerprint density at radius 3 is 0.879 bits per heavy atom. The third kappa shape index (κ3) is 11.3. The van der Waals surface area contributed by atoms with Crippen LogP contribution in [-0.2, 0) is 21.7 Å². The lowest BCUT2D eigenvalue weighted by Gasteiger charge is -2.45. The third-order valence-electron chi connectivity index (χ3n) is 18.7. The number of hydrogen-bond donors (Lipinski definition) is 0. The minimum absolute atomic E-state index is 0.0327. The summed E-state index contributed by atoms with van der Waals surface area (Å²) in [6.45, 7) is 27.7. The maximum Gasteiger partial charge on any atom is 0.252 e. The van der Waals surface area contributed by atoms with Crippen molar-refractivity contribution in [3.63, 3.8) is 0 Å². The largest absolute Gasteiger partial charge is 0.311 e. The second-order valence-electron chi connectivity index (χ2n) is 29.2. The van der Waals surface area contributed by atoms with Crippen molar-refractivity contribution in [1.29, 1.82) is 0 Å². The van der Waals surface area contributed by atoms with Gasteiger partial charge < -0.3 is 9.80 Å². The minimum Gasteiger partial charge on any atom is -0.311 e. The molecule has 4 nitrogen and oxygen atoms in total. The molecule has 0 radical (unpaired) electrons. The first-order chi connectivity index (χ1) is 43.6. The summed E-state index contributed by atoms with van der Waals surface area (Å²) in [5, 5.41) is 0. The van der Waals surface area contributed by atoms with E-state index in [2.05, 4.69) is 354 Å². The zero-order chi connectivity index (χ0) is 63.1. The van der Waals surface area contributed by atoms with Crippen LogP contribution < -0.4 is 26.2 Å². The molecule has 0 aliphatic carbocycles. The van der Waals surface area contributed by atoms with Gasteiger partial charge in [0.05, 0.1) is 11.4 Å². The summed E-state index contributed by atoms with van der Waals surface area (Å²) in [4.78, 5) is 16.8. The maximum absolute atomic E-state index is 5.88. The molecule has 0 saturated heterocycles. The highest BCUT2D eigenvalue weighted by molar-refractivity contribution is 7.00. The number of benzene rings is 11. The Morgan fingerprint density at radius 1 is 0.253 bits per heavy atom. The molecule has 0 atom stereocenters. The Kier molecular flexibility index (Phi) is 14.6. The van der Waals surface area contributed by atoms with E-state index in [-0.39, 0.29) is 28.4 Å². The molecule has 446 valence electrons. The van der Waals surface area contributed by atoms with E-state index in [4.69, 9.17) is 9.97 Å². The Balaban J connectivity index is 1.10. The molecule has 2 aliphatic heterocycles. The first kappa shape index (κ1) is 58.8. The molecule has 0 saturated carbocycles. The molecule has 0 amide bonds. The SMILES string of the molecule is CC(C)(C)c1ccc(N2c3ccc(C(C)(C)C)cc3B3c4cc(C(C)(C)C)ccc4N(c4ccc(C(C)(C)C)cc4)c4cc(-c5cc(-c6cc(-c7ccccc7)cc(-c7ccccc7)c6)nc(-c6cc(-c7ccccc7)cc(-c7ccccc7)c6)n5)cc2c43)cc1. The predicted octanol–water partition coefficient (Wildman–Crippen LogP) is 21.4. The lowest BCUT2D eigenvalue weighted by atomic mass is 9.33. The van der Waals surface area contributed by atoms with Gasteiger partial charge in [-0.3, -0.25) is 0 Å². The van der Waals surface area contributed by atoms with Gasteiger partial charge in [0.2, 0.25) is 0 Å². The summed E-state index contributed by atoms with van der Waals surface area (Å²) < 4.78 is 0. The molecule has 0 N–H and O–H groups in total. The first-order valence-electron chi connectivity index (χ1n) is 32.3. The monoisotopic (exact) mass is 1180 g/mol. The molecule has 3 heterocycles. The molecule has 1 aromatic heterocycles. The molecule has 0 fully saturated rings. The molecule has 91 heavy (non-hydrogen) atoms. The summed E-state index contributed by atoms with van der Waals surface area (Å²) in [5.41, 5.74) is 29.1. The van der Waals surface area contributed by atoms with Crippen molar-refractivity contribution in [1.82, 2.24) is 9.97 Å². The third-order valence-corrected chi connectivity index (χ3v) is 18.7. The van der Waals surface area contributed by atoms with Crippen molar-refractivity contribution in [2.24, 2.45) is 0 Å². The van der Waals surface area contributed by atoms with Crippen LogP contribution in [0.15, 0.2) is 261 Å². The number of aromatic nitrogens is 2. The standard InChI is InChI=1S/C86H79BN4/c1-83(2,3)67-33-39-71(40-34-67)90-77-43-37-69(85(7,8)9)53-73(77)87-74-54-70(86(10,11)12)38-44-78(74)91(72-41-35-68(36-42-72)84(4,5)6)80-52-65(51-79(90)81(80)87)76-55-75(64-47-60(56-25-17-13-18-26-56)45-61(48-64)57-27-19-14-20-28-57)88-82(89-76)66-49-62(58-29-21-15-22-30-58)46-63(50-66)59-31-23-16-24-32-59/h13-55H,1-12H3. The second kappa shape index (κ2) is 22.6. The summed E-state index contributed by atoms with van der Waals surface area (Å²) in [7, 11) is 0. The van der Waals surface area contributed by atoms with Gasteiger partial charge in [-0.15, -0.1) is 0 Å². The van der Waals surface area contributed by atoms with E-state index in [1.807, 2.05) is 0 Å². The van der Waals surface area contributed by atoms with Crippen molar-refractivity contribution in [2.75, 3.05) is 9.80 Å². The van der Waals surface area contributed by atoms with Crippen molar-refractivity contribution in [3.05, 3.63) is 283 Å². The van der Waals surface area contributed by atoms with E-state index in [1.54, 1.807) is 0 Å². The van der Waals surface area contributed by atoms with Gasteiger partial charge in [0.1, 0.15) is 0 Å². The number of fused-ring (bicyclic) bond motifs is 4. The van der Waals surface area contributed by atoms with Crippen LogP contribution in [0, 0.1) is 0 Å². The van der Waals surface area contributed by atoms with Crippen LogP contribution in [0.25, 0.3) is 78.4 Å². The number of rotatable bonds is 9. The van der Waals surface area contributed by atoms with Crippen LogP contribution in [-0.4, -0.2) is 16.7 Å². The summed E-state index contributed by atoms with van der Waals surface area (Å²) in [6, 6.07) is 97.1. The van der Waals surface area contributed by atoms with Crippen molar-refractivity contribution in [3.8, 4) is 78.4 Å². The highest BCUT2D eigenvalue weighted by atomic mass is 15.2. The molecule has 11 aromatic carbocycles. The molecule has 2 aliphatic rings. The quantitative estimate of drug-likeness (QED) is 0.135. The van der Waals surface area contributed by atoms with E-state index in [0.717, 1.165) is 95.3 Å². The van der Waals surface area contributed by atoms with Gasteiger partial charge in [0.25, 0.3) is 6.71 Å². The molecular weight excluding hydrogens is 1100 g/mol. The minimum atomic E-state index is -0.102. The van der Waals surface area contributed by atoms with E-state index in [0.29, 0.717) is 5.82 Å². The zero-order valence-electron chi connectivity index (χ0n) is 54.7. The fourth-order valence-corrected chi connectivity index (χ4v) is 13.5. The van der Waals surface area contributed by atoms with Crippen LogP contribution in [0.2, 0.25) is 0 Å². The number of nitrogens with zero attached hydrogens (tertiary/aromatic N) is 4. The first-order valence-corrected chi connectivity index (χ1v) is 32.3. The topological polar surface area (TPSA) is 32.3 Å². The Labute approximate surface area is 540 Å². The lowest BCUT2D eigenvalue weighted by Crippen LogP contribution is -2.61. The molecule has 14 rings (SSSR count). The molecule has 0 bridgehead atoms. The second-order valence-corrected chi connectivity index (χ2v) is 29.2. The van der Waals surface area contributed by atoms with E-state index >= 15 is 0 Å². The fraction of sp³-hybridized carbons (Fsp3) is 0.186. The normalized spacial score (nSPS) is 13.0. The van der Waals surface area contributed by atoms with E-state index < -0.39 is 0 Å². The Hall–Kier alpha value is -9.84. The summed E-state index contributed by atoms with van der Waals surface area (Å²) in [5.74, 6) is 0.641. The molecule has 5 heteroatoms. The van der Waals surface area contributed by atoms with Crippen molar-refractivity contribution in [2.45, 2.75) is 105 Å². The van der Waals surface area contributed by atoms with Crippen LogP contribution in [0.4, 0.5) is 34.1 Å². The van der Waals surface area contributed by atoms with Gasteiger partial charge >= 0.3 is 0 Å². The highest BCUT2D eigenvalue weighted by Crippen LogP contribution is 2.48. The molecule has 0 spiro atoms. The van der Waals surface area contributed by atoms with Crippen LogP contribution in [0.5, 0.6) is 0 Å². The van der Waals surface area contributed by atoms with Gasteiger partial charge in [-0.05, 0) is 196 Å². The highest BCUT2D eigenvalue weighted by Gasteiger charge is 2.45. The van der Waals surface area contributed by atoms with Gasteiger partial charge in [-0.25, -0.2) is 9.97 Å². The average molecular weight is 1180 g/mol. The van der Waals surface area contributed by atoms with Crippen LogP contribution >= 0.6 is 0 Å². The fourth-order valence-electron chi connectivity index (χ4n) is 13.5. The van der Waals surface area contributed by atoms with Gasteiger partial charge in [-0.2, -0.15) is 0 Å². The smallest absolute Gasteiger partial charge is 0.252 e. The zero-order valence-corrected chi connectivity index (χ0v) is 54.7. The van der Waals surface area contributed by atoms with Crippen LogP contribution in [0.3, 0.4) is 0 Å². The lowest BCUT2D eigenvalue weighted by molar-refractivity contribution is 0.590. The molecule has 0 unspecified atom stereocenters. The molecule has 12 aromatic rings. The number of hydrogen-bond acceptors (Lipinski definition) is 4. The van der Waals surface area contributed by atoms with Crippen molar-refractivity contribution < 1.29 is 0 Å². The maximum atomic E-state index is 5.88.